The number of nitrogens with zero attached hydrogens (tertiary/aromatic N) is 1. The smallest absolute Gasteiger partial charge is 0.191 e. The van der Waals surface area contributed by atoms with Gasteiger partial charge in [0.25, 0.3) is 0 Å². The molecule has 0 saturated carbocycles. The van der Waals surface area contributed by atoms with Gasteiger partial charge < -0.3 is 15.4 Å². The van der Waals surface area contributed by atoms with Gasteiger partial charge in [-0.05, 0) is 31.0 Å². The fourth-order valence-corrected chi connectivity index (χ4v) is 1.76. The van der Waals surface area contributed by atoms with Crippen LogP contribution in [0.2, 0.25) is 0 Å². The van der Waals surface area contributed by atoms with Crippen LogP contribution < -0.4 is 15.4 Å². The van der Waals surface area contributed by atoms with E-state index in [-0.39, 0.29) is 29.8 Å². The van der Waals surface area contributed by atoms with E-state index in [4.69, 9.17) is 4.74 Å². The summed E-state index contributed by atoms with van der Waals surface area (Å²) in [4.78, 5) is 4.29. The van der Waals surface area contributed by atoms with Crippen molar-refractivity contribution < 1.29 is 9.13 Å². The summed E-state index contributed by atoms with van der Waals surface area (Å²) >= 11 is 0. The maximum atomic E-state index is 13.6. The lowest BCUT2D eigenvalue weighted by Gasteiger charge is -2.16. The minimum absolute atomic E-state index is 0. The first-order valence-electron chi connectivity index (χ1n) is 6.23. The molecule has 0 aromatic heterocycles. The number of ether oxygens (including phenoxy) is 1. The van der Waals surface area contributed by atoms with Crippen molar-refractivity contribution in [3.63, 3.8) is 0 Å². The second-order valence-corrected chi connectivity index (χ2v) is 4.06. The Balaban J connectivity index is 0.00000180. The second kappa shape index (κ2) is 8.19. The number of benzene rings is 1. The average Bonchev–Trinajstić information content (AvgIpc) is 2.41. The van der Waals surface area contributed by atoms with Crippen LogP contribution in [0.25, 0.3) is 0 Å². The van der Waals surface area contributed by atoms with Gasteiger partial charge in [0.05, 0.1) is 6.61 Å². The van der Waals surface area contributed by atoms with E-state index in [9.17, 15) is 4.39 Å². The zero-order chi connectivity index (χ0) is 12.8. The van der Waals surface area contributed by atoms with E-state index in [0.29, 0.717) is 18.9 Å². The molecule has 1 aromatic rings. The molecule has 0 spiro atoms. The van der Waals surface area contributed by atoms with Gasteiger partial charge in [-0.3, -0.25) is 4.99 Å². The van der Waals surface area contributed by atoms with E-state index in [2.05, 4.69) is 15.6 Å². The van der Waals surface area contributed by atoms with Crippen LogP contribution >= 0.6 is 24.0 Å². The molecule has 106 valence electrons. The van der Waals surface area contributed by atoms with Gasteiger partial charge in [-0.25, -0.2) is 4.39 Å². The van der Waals surface area contributed by atoms with Crippen molar-refractivity contribution in [2.45, 2.75) is 19.9 Å². The predicted octanol–water partition coefficient (Wildman–Crippen LogP) is 2.28. The molecular weight excluding hydrogens is 360 g/mol. The number of hydrogen-bond acceptors (Lipinski definition) is 4. The van der Waals surface area contributed by atoms with Crippen molar-refractivity contribution in [3.8, 4) is 5.75 Å². The van der Waals surface area contributed by atoms with Gasteiger partial charge in [0.1, 0.15) is 0 Å². The molecule has 0 unspecified atom stereocenters. The molecule has 0 amide bonds. The topological polar surface area (TPSA) is 45.6 Å². The van der Waals surface area contributed by atoms with Crippen molar-refractivity contribution in [1.29, 1.82) is 0 Å². The van der Waals surface area contributed by atoms with Gasteiger partial charge >= 0.3 is 0 Å². The Morgan fingerprint density at radius 1 is 1.47 bits per heavy atom. The molecule has 4 nitrogen and oxygen atoms in total. The summed E-state index contributed by atoms with van der Waals surface area (Å²) in [6.45, 7) is 4.63. The van der Waals surface area contributed by atoms with Crippen LogP contribution in [0.15, 0.2) is 23.2 Å². The van der Waals surface area contributed by atoms with Gasteiger partial charge in [-0.1, -0.05) is 6.07 Å². The van der Waals surface area contributed by atoms with Gasteiger partial charge in [0.2, 0.25) is 0 Å². The summed E-state index contributed by atoms with van der Waals surface area (Å²) in [5, 5.41) is 6.30. The van der Waals surface area contributed by atoms with Crippen molar-refractivity contribution in [2.75, 3.05) is 19.7 Å². The standard InChI is InChI=1S/C13H18FN3O.HI/c1-2-18-12-5-4-10(8-11(12)14)9-17-13-15-6-3-7-16-13;/h4-5,8H,2-3,6-7,9H2,1H3,(H2,15,16,17);1H. The first kappa shape index (κ1) is 16.0. The van der Waals surface area contributed by atoms with Gasteiger partial charge in [-0.2, -0.15) is 0 Å². The quantitative estimate of drug-likeness (QED) is 0.790. The van der Waals surface area contributed by atoms with Crippen LogP contribution in [-0.4, -0.2) is 25.7 Å². The zero-order valence-corrected chi connectivity index (χ0v) is 13.2. The van der Waals surface area contributed by atoms with E-state index in [1.54, 1.807) is 6.07 Å². The molecule has 2 rings (SSSR count). The molecule has 1 aliphatic rings. The zero-order valence-electron chi connectivity index (χ0n) is 10.9. The second-order valence-electron chi connectivity index (χ2n) is 4.06. The average molecular weight is 379 g/mol. The highest BCUT2D eigenvalue weighted by Crippen LogP contribution is 2.18. The number of hydrogen-bond donors (Lipinski definition) is 2. The van der Waals surface area contributed by atoms with E-state index in [0.717, 1.165) is 31.0 Å². The lowest BCUT2D eigenvalue weighted by atomic mass is 10.2. The lowest BCUT2D eigenvalue weighted by Crippen LogP contribution is -2.40. The molecule has 1 aliphatic heterocycles. The summed E-state index contributed by atoms with van der Waals surface area (Å²) < 4.78 is 18.8. The van der Waals surface area contributed by atoms with Crippen molar-refractivity contribution in [2.24, 2.45) is 4.99 Å². The fraction of sp³-hybridized carbons (Fsp3) is 0.462. The van der Waals surface area contributed by atoms with Crippen LogP contribution in [0.4, 0.5) is 4.39 Å². The van der Waals surface area contributed by atoms with Crippen LogP contribution in [0.1, 0.15) is 18.9 Å². The molecule has 0 bridgehead atoms. The molecule has 19 heavy (non-hydrogen) atoms. The minimum Gasteiger partial charge on any atom is -0.491 e. The molecule has 0 atom stereocenters. The third-order valence-electron chi connectivity index (χ3n) is 2.65. The minimum atomic E-state index is -0.324. The molecule has 2 N–H and O–H groups in total. The first-order valence-corrected chi connectivity index (χ1v) is 6.23. The molecule has 1 heterocycles. The Hall–Kier alpha value is -1.05. The van der Waals surface area contributed by atoms with E-state index >= 15 is 0 Å². The largest absolute Gasteiger partial charge is 0.491 e. The molecule has 0 radical (unpaired) electrons. The highest BCUT2D eigenvalue weighted by Gasteiger charge is 2.06. The molecule has 0 aliphatic carbocycles. The van der Waals surface area contributed by atoms with Crippen molar-refractivity contribution in [1.82, 2.24) is 10.6 Å². The number of aliphatic imine (C=N–C) groups is 1. The Morgan fingerprint density at radius 3 is 2.95 bits per heavy atom. The highest BCUT2D eigenvalue weighted by atomic mass is 127. The number of halogens is 2. The summed E-state index contributed by atoms with van der Waals surface area (Å²) in [6.07, 6.45) is 1.06. The molecule has 6 heteroatoms. The van der Waals surface area contributed by atoms with Crippen LogP contribution in [0.3, 0.4) is 0 Å². The number of rotatable bonds is 4. The highest BCUT2D eigenvalue weighted by molar-refractivity contribution is 14.0. The number of nitrogens with one attached hydrogen (secondary N) is 2. The lowest BCUT2D eigenvalue weighted by molar-refractivity contribution is 0.321. The van der Waals surface area contributed by atoms with Gasteiger partial charge in [0.15, 0.2) is 17.5 Å². The van der Waals surface area contributed by atoms with Crippen molar-refractivity contribution in [3.05, 3.63) is 29.6 Å². The third-order valence-corrected chi connectivity index (χ3v) is 2.65. The number of guanidine groups is 1. The van der Waals surface area contributed by atoms with Crippen LogP contribution in [0, 0.1) is 5.82 Å². The van der Waals surface area contributed by atoms with Crippen LogP contribution in [-0.2, 0) is 6.54 Å². The molecule has 0 fully saturated rings. The maximum Gasteiger partial charge on any atom is 0.191 e. The summed E-state index contributed by atoms with van der Waals surface area (Å²) in [7, 11) is 0. The normalized spacial score (nSPS) is 13.9. The summed E-state index contributed by atoms with van der Waals surface area (Å²) in [5.41, 5.74) is 0.867. The van der Waals surface area contributed by atoms with E-state index in [1.165, 1.54) is 6.07 Å². The Kier molecular flexibility index (Phi) is 6.90. The summed E-state index contributed by atoms with van der Waals surface area (Å²) in [6, 6.07) is 5.00. The maximum absolute atomic E-state index is 13.6. The SMILES string of the molecule is CCOc1ccc(CNC2=NCCCN2)cc1F.I. The monoisotopic (exact) mass is 379 g/mol. The van der Waals surface area contributed by atoms with E-state index in [1.807, 2.05) is 13.0 Å². The first-order chi connectivity index (χ1) is 8.79. The van der Waals surface area contributed by atoms with E-state index < -0.39 is 0 Å². The molecule has 0 saturated heterocycles. The van der Waals surface area contributed by atoms with Gasteiger partial charge in [-0.15, -0.1) is 24.0 Å². The Morgan fingerprint density at radius 2 is 2.32 bits per heavy atom. The van der Waals surface area contributed by atoms with Crippen molar-refractivity contribution >= 4 is 29.9 Å². The Bertz CT molecular complexity index is 440. The Labute approximate surface area is 129 Å². The summed E-state index contributed by atoms with van der Waals surface area (Å²) in [5.74, 6) is 0.764. The van der Waals surface area contributed by atoms with Crippen LogP contribution in [0.5, 0.6) is 5.75 Å². The predicted molar refractivity (Wildman–Crippen MR) is 84.7 cm³/mol. The fourth-order valence-electron chi connectivity index (χ4n) is 1.76. The molecular formula is C13H19FIN3O. The molecule has 1 aromatic carbocycles. The van der Waals surface area contributed by atoms with Gasteiger partial charge in [0, 0.05) is 19.6 Å². The third kappa shape index (κ3) is 4.85.